The van der Waals surface area contributed by atoms with Crippen LogP contribution in [0.15, 0.2) is 40.2 Å². The van der Waals surface area contributed by atoms with Crippen LogP contribution in [0.5, 0.6) is 0 Å². The molecule has 114 valence electrons. The second kappa shape index (κ2) is 5.46. The molecule has 3 aromatic rings. The lowest BCUT2D eigenvalue weighted by atomic mass is 10.3. The molecule has 0 aliphatic carbocycles. The van der Waals surface area contributed by atoms with Crippen LogP contribution in [0.25, 0.3) is 16.9 Å². The molecule has 2 heterocycles. The average molecular weight is 319 g/mol. The molecule has 3 rings (SSSR count). The highest BCUT2D eigenvalue weighted by Crippen LogP contribution is 2.15. The maximum atomic E-state index is 12.8. The molecular formula is C15H15ClN4O2. The first-order valence-electron chi connectivity index (χ1n) is 6.97. The van der Waals surface area contributed by atoms with Gasteiger partial charge < -0.3 is 4.57 Å². The van der Waals surface area contributed by atoms with Gasteiger partial charge in [0.15, 0.2) is 11.2 Å². The van der Waals surface area contributed by atoms with E-state index >= 15 is 0 Å². The van der Waals surface area contributed by atoms with Crippen molar-refractivity contribution >= 4 is 22.8 Å². The van der Waals surface area contributed by atoms with Crippen molar-refractivity contribution < 1.29 is 0 Å². The number of nitrogens with zero attached hydrogens (tertiary/aromatic N) is 4. The summed E-state index contributed by atoms with van der Waals surface area (Å²) in [6.45, 7) is 2.28. The standard InChI is InChI=1S/C15H15ClN4O2/c1-3-8-19-14(21)12-13(18(2)9-17-12)20(15(19)22)11-6-4-10(16)5-7-11/h4-7,9H,3,8H2,1-2H3. The van der Waals surface area contributed by atoms with Gasteiger partial charge in [-0.3, -0.25) is 9.36 Å². The number of halogens is 1. The Morgan fingerprint density at radius 1 is 1.18 bits per heavy atom. The zero-order valence-corrected chi connectivity index (χ0v) is 13.0. The number of hydrogen-bond donors (Lipinski definition) is 0. The molecule has 7 heteroatoms. The number of imidazole rings is 1. The van der Waals surface area contributed by atoms with Gasteiger partial charge in [0.2, 0.25) is 0 Å². The van der Waals surface area contributed by atoms with Crippen LogP contribution in [-0.4, -0.2) is 18.7 Å². The monoisotopic (exact) mass is 318 g/mol. The van der Waals surface area contributed by atoms with E-state index in [2.05, 4.69) is 4.98 Å². The van der Waals surface area contributed by atoms with Crippen LogP contribution in [0.4, 0.5) is 0 Å². The molecule has 0 aliphatic rings. The van der Waals surface area contributed by atoms with Gasteiger partial charge in [-0.05, 0) is 30.7 Å². The Morgan fingerprint density at radius 2 is 1.86 bits per heavy atom. The fourth-order valence-electron chi connectivity index (χ4n) is 2.51. The Balaban J connectivity index is 2.46. The molecule has 2 aromatic heterocycles. The predicted octanol–water partition coefficient (Wildman–Crippen LogP) is 1.95. The van der Waals surface area contributed by atoms with Crippen LogP contribution in [0.2, 0.25) is 5.02 Å². The van der Waals surface area contributed by atoms with E-state index in [9.17, 15) is 9.59 Å². The summed E-state index contributed by atoms with van der Waals surface area (Å²) in [6, 6.07) is 6.91. The van der Waals surface area contributed by atoms with E-state index in [4.69, 9.17) is 11.6 Å². The lowest BCUT2D eigenvalue weighted by Crippen LogP contribution is -2.39. The molecule has 0 bridgehead atoms. The second-order valence-electron chi connectivity index (χ2n) is 5.08. The van der Waals surface area contributed by atoms with Gasteiger partial charge in [0.1, 0.15) is 0 Å². The Morgan fingerprint density at radius 3 is 2.50 bits per heavy atom. The van der Waals surface area contributed by atoms with Crippen molar-refractivity contribution in [3.05, 3.63) is 56.5 Å². The summed E-state index contributed by atoms with van der Waals surface area (Å²) >= 11 is 5.91. The topological polar surface area (TPSA) is 61.8 Å². The number of aryl methyl sites for hydroxylation is 1. The lowest BCUT2D eigenvalue weighted by molar-refractivity contribution is 0.605. The van der Waals surface area contributed by atoms with Crippen molar-refractivity contribution in [1.29, 1.82) is 0 Å². The molecule has 0 saturated heterocycles. The highest BCUT2D eigenvalue weighted by molar-refractivity contribution is 6.30. The van der Waals surface area contributed by atoms with E-state index in [1.165, 1.54) is 15.5 Å². The number of hydrogen-bond acceptors (Lipinski definition) is 3. The van der Waals surface area contributed by atoms with Crippen LogP contribution in [0, 0.1) is 0 Å². The highest BCUT2D eigenvalue weighted by Gasteiger charge is 2.17. The zero-order valence-electron chi connectivity index (χ0n) is 12.3. The van der Waals surface area contributed by atoms with E-state index in [0.717, 1.165) is 0 Å². The first-order chi connectivity index (χ1) is 10.5. The third-order valence-corrected chi connectivity index (χ3v) is 3.77. The summed E-state index contributed by atoms with van der Waals surface area (Å²) < 4.78 is 4.39. The van der Waals surface area contributed by atoms with Crippen molar-refractivity contribution in [3.8, 4) is 5.69 Å². The SMILES string of the molecule is CCCn1c(=O)c2ncn(C)c2n(-c2ccc(Cl)cc2)c1=O. The molecule has 0 amide bonds. The Bertz CT molecular complexity index is 951. The van der Waals surface area contributed by atoms with Gasteiger partial charge in [0, 0.05) is 18.6 Å². The van der Waals surface area contributed by atoms with Crippen molar-refractivity contribution in [2.45, 2.75) is 19.9 Å². The minimum Gasteiger partial charge on any atom is -0.319 e. The van der Waals surface area contributed by atoms with Crippen LogP contribution < -0.4 is 11.2 Å². The van der Waals surface area contributed by atoms with Crippen LogP contribution >= 0.6 is 11.6 Å². The van der Waals surface area contributed by atoms with Gasteiger partial charge in [-0.1, -0.05) is 18.5 Å². The van der Waals surface area contributed by atoms with Crippen LogP contribution in [0.3, 0.4) is 0 Å². The van der Waals surface area contributed by atoms with Crippen molar-refractivity contribution in [2.24, 2.45) is 7.05 Å². The quantitative estimate of drug-likeness (QED) is 0.741. The van der Waals surface area contributed by atoms with E-state index in [-0.39, 0.29) is 16.8 Å². The molecule has 22 heavy (non-hydrogen) atoms. The summed E-state index contributed by atoms with van der Waals surface area (Å²) in [5.74, 6) is 0. The lowest BCUT2D eigenvalue weighted by Gasteiger charge is -2.12. The number of fused-ring (bicyclic) bond motifs is 1. The molecule has 0 unspecified atom stereocenters. The summed E-state index contributed by atoms with van der Waals surface area (Å²) in [5.41, 5.74) is 0.681. The van der Waals surface area contributed by atoms with Gasteiger partial charge in [0.05, 0.1) is 12.0 Å². The first kappa shape index (κ1) is 14.6. The Labute approximate surface area is 131 Å². The van der Waals surface area contributed by atoms with Crippen molar-refractivity contribution in [2.75, 3.05) is 0 Å². The van der Waals surface area contributed by atoms with Crippen molar-refractivity contribution in [3.63, 3.8) is 0 Å². The molecule has 6 nitrogen and oxygen atoms in total. The Kier molecular flexibility index (Phi) is 3.62. The maximum absolute atomic E-state index is 12.8. The molecule has 0 saturated carbocycles. The molecule has 0 aliphatic heterocycles. The average Bonchev–Trinajstić information content (AvgIpc) is 2.88. The van der Waals surface area contributed by atoms with E-state index in [0.29, 0.717) is 29.3 Å². The zero-order chi connectivity index (χ0) is 15.9. The number of rotatable bonds is 3. The molecule has 0 spiro atoms. The Hall–Kier alpha value is -2.34. The fraction of sp³-hybridized carbons (Fsp3) is 0.267. The minimum atomic E-state index is -0.370. The fourth-order valence-corrected chi connectivity index (χ4v) is 2.63. The highest BCUT2D eigenvalue weighted by atomic mass is 35.5. The number of aromatic nitrogens is 4. The van der Waals surface area contributed by atoms with Gasteiger partial charge in [0.25, 0.3) is 5.56 Å². The summed E-state index contributed by atoms with van der Waals surface area (Å²) in [6.07, 6.45) is 2.22. The van der Waals surface area contributed by atoms with Gasteiger partial charge in [-0.25, -0.2) is 14.3 Å². The van der Waals surface area contributed by atoms with Gasteiger partial charge >= 0.3 is 5.69 Å². The van der Waals surface area contributed by atoms with Gasteiger partial charge in [-0.2, -0.15) is 0 Å². The third-order valence-electron chi connectivity index (χ3n) is 3.52. The summed E-state index contributed by atoms with van der Waals surface area (Å²) in [7, 11) is 1.75. The largest absolute Gasteiger partial charge is 0.337 e. The normalized spacial score (nSPS) is 11.2. The molecule has 0 atom stereocenters. The molecule has 1 aromatic carbocycles. The smallest absolute Gasteiger partial charge is 0.319 e. The molecule has 0 N–H and O–H groups in total. The van der Waals surface area contributed by atoms with E-state index < -0.39 is 0 Å². The van der Waals surface area contributed by atoms with E-state index in [1.54, 1.807) is 35.9 Å². The predicted molar refractivity (Wildman–Crippen MR) is 85.9 cm³/mol. The van der Waals surface area contributed by atoms with E-state index in [1.807, 2.05) is 6.92 Å². The number of benzene rings is 1. The van der Waals surface area contributed by atoms with Crippen molar-refractivity contribution in [1.82, 2.24) is 18.7 Å². The first-order valence-corrected chi connectivity index (χ1v) is 7.35. The maximum Gasteiger partial charge on any atom is 0.337 e. The second-order valence-corrected chi connectivity index (χ2v) is 5.52. The van der Waals surface area contributed by atoms with Crippen LogP contribution in [0.1, 0.15) is 13.3 Å². The minimum absolute atomic E-state index is 0.283. The third kappa shape index (κ3) is 2.16. The molecule has 0 fully saturated rings. The van der Waals surface area contributed by atoms with Gasteiger partial charge in [-0.15, -0.1) is 0 Å². The summed E-state index contributed by atoms with van der Waals surface area (Å²) in [4.78, 5) is 29.4. The van der Waals surface area contributed by atoms with Crippen LogP contribution in [-0.2, 0) is 13.6 Å². The molecule has 0 radical (unpaired) electrons. The summed E-state index contributed by atoms with van der Waals surface area (Å²) in [5, 5.41) is 0.583. The molecular weight excluding hydrogens is 304 g/mol.